The first kappa shape index (κ1) is 14.9. The summed E-state index contributed by atoms with van der Waals surface area (Å²) in [6, 6.07) is 5.90. The molecule has 4 heteroatoms. The Bertz CT molecular complexity index is 447. The highest BCUT2D eigenvalue weighted by atomic mass is 16.5. The Morgan fingerprint density at radius 2 is 2.25 bits per heavy atom. The van der Waals surface area contributed by atoms with Crippen LogP contribution in [0.4, 0.5) is 0 Å². The summed E-state index contributed by atoms with van der Waals surface area (Å²) in [6.07, 6.45) is 4.68. The molecule has 1 heterocycles. The van der Waals surface area contributed by atoms with Crippen molar-refractivity contribution in [1.29, 1.82) is 0 Å². The Morgan fingerprint density at radius 1 is 1.40 bits per heavy atom. The molecule has 0 aromatic heterocycles. The second-order valence-corrected chi connectivity index (χ2v) is 5.33. The Labute approximate surface area is 120 Å². The molecule has 4 nitrogen and oxygen atoms in total. The highest BCUT2D eigenvalue weighted by Crippen LogP contribution is 2.30. The van der Waals surface area contributed by atoms with Crippen LogP contribution in [0.2, 0.25) is 0 Å². The predicted molar refractivity (Wildman–Crippen MR) is 78.5 cm³/mol. The van der Waals surface area contributed by atoms with Crippen molar-refractivity contribution >= 4 is 6.29 Å². The third kappa shape index (κ3) is 3.97. The van der Waals surface area contributed by atoms with Crippen molar-refractivity contribution in [2.45, 2.75) is 31.8 Å². The van der Waals surface area contributed by atoms with E-state index in [9.17, 15) is 4.79 Å². The molecule has 1 saturated heterocycles. The molecule has 0 aliphatic carbocycles. The molecule has 1 aromatic rings. The maximum atomic E-state index is 10.5. The largest absolute Gasteiger partial charge is 0.493 e. The molecule has 0 bridgehead atoms. The van der Waals surface area contributed by atoms with E-state index in [-0.39, 0.29) is 6.10 Å². The highest BCUT2D eigenvalue weighted by molar-refractivity contribution is 5.51. The van der Waals surface area contributed by atoms with E-state index in [1.807, 2.05) is 18.2 Å². The van der Waals surface area contributed by atoms with Crippen molar-refractivity contribution in [3.05, 3.63) is 23.8 Å². The molecule has 1 aromatic carbocycles. The molecule has 1 aliphatic heterocycles. The standard InChI is InChI=1S/C16H23NO3/c1-17-9-3-6-14(12-17)20-16-11-13(5-4-10-18)7-8-15(16)19-2/h7-8,10-11,14H,3-6,9,12H2,1-2H3. The van der Waals surface area contributed by atoms with E-state index < -0.39 is 0 Å². The molecule has 0 saturated carbocycles. The van der Waals surface area contributed by atoms with E-state index in [4.69, 9.17) is 9.47 Å². The maximum absolute atomic E-state index is 10.5. The first-order valence-corrected chi connectivity index (χ1v) is 7.18. The van der Waals surface area contributed by atoms with Crippen LogP contribution in [-0.2, 0) is 11.2 Å². The fourth-order valence-electron chi connectivity index (χ4n) is 2.59. The van der Waals surface area contributed by atoms with Crippen molar-refractivity contribution in [3.8, 4) is 11.5 Å². The second-order valence-electron chi connectivity index (χ2n) is 5.33. The Balaban J connectivity index is 2.08. The maximum Gasteiger partial charge on any atom is 0.161 e. The minimum Gasteiger partial charge on any atom is -0.493 e. The number of likely N-dealkylation sites (tertiary alicyclic amines) is 1. The van der Waals surface area contributed by atoms with Gasteiger partial charge >= 0.3 is 0 Å². The fourth-order valence-corrected chi connectivity index (χ4v) is 2.59. The fraction of sp³-hybridized carbons (Fsp3) is 0.562. The van der Waals surface area contributed by atoms with Crippen LogP contribution in [0, 0.1) is 0 Å². The number of hydrogen-bond donors (Lipinski definition) is 0. The van der Waals surface area contributed by atoms with Gasteiger partial charge in [0.2, 0.25) is 0 Å². The lowest BCUT2D eigenvalue weighted by atomic mass is 10.1. The quantitative estimate of drug-likeness (QED) is 0.748. The summed E-state index contributed by atoms with van der Waals surface area (Å²) < 4.78 is 11.5. The van der Waals surface area contributed by atoms with Gasteiger partial charge in [0.15, 0.2) is 11.5 Å². The van der Waals surface area contributed by atoms with E-state index in [1.54, 1.807) is 7.11 Å². The number of aryl methyl sites for hydroxylation is 1. The number of rotatable bonds is 6. The van der Waals surface area contributed by atoms with Gasteiger partial charge in [-0.15, -0.1) is 0 Å². The van der Waals surface area contributed by atoms with Gasteiger partial charge in [-0.25, -0.2) is 0 Å². The van der Waals surface area contributed by atoms with Gasteiger partial charge in [-0.05, 0) is 50.6 Å². The van der Waals surface area contributed by atoms with Crippen LogP contribution in [0.1, 0.15) is 24.8 Å². The van der Waals surface area contributed by atoms with Gasteiger partial charge in [0, 0.05) is 13.0 Å². The van der Waals surface area contributed by atoms with Gasteiger partial charge in [-0.2, -0.15) is 0 Å². The number of nitrogens with zero attached hydrogens (tertiary/aromatic N) is 1. The molecule has 2 rings (SSSR count). The summed E-state index contributed by atoms with van der Waals surface area (Å²) in [6.45, 7) is 2.08. The van der Waals surface area contributed by atoms with E-state index >= 15 is 0 Å². The van der Waals surface area contributed by atoms with Crippen LogP contribution in [0.15, 0.2) is 18.2 Å². The molecule has 0 spiro atoms. The third-order valence-electron chi connectivity index (χ3n) is 3.65. The number of likely N-dealkylation sites (N-methyl/N-ethyl adjacent to an activating group) is 1. The molecular weight excluding hydrogens is 254 g/mol. The van der Waals surface area contributed by atoms with Crippen molar-refractivity contribution in [2.75, 3.05) is 27.2 Å². The van der Waals surface area contributed by atoms with Crippen LogP contribution >= 0.6 is 0 Å². The molecule has 0 N–H and O–H groups in total. The number of aldehydes is 1. The smallest absolute Gasteiger partial charge is 0.161 e. The summed E-state index contributed by atoms with van der Waals surface area (Å²) >= 11 is 0. The summed E-state index contributed by atoms with van der Waals surface area (Å²) in [5, 5.41) is 0. The first-order valence-electron chi connectivity index (χ1n) is 7.18. The number of benzene rings is 1. The van der Waals surface area contributed by atoms with Gasteiger partial charge in [-0.3, -0.25) is 0 Å². The lowest BCUT2D eigenvalue weighted by Crippen LogP contribution is -2.38. The lowest BCUT2D eigenvalue weighted by molar-refractivity contribution is -0.107. The van der Waals surface area contributed by atoms with Crippen LogP contribution in [0.5, 0.6) is 11.5 Å². The predicted octanol–water partition coefficient (Wildman–Crippen LogP) is 2.30. The normalized spacial score (nSPS) is 19.6. The first-order chi connectivity index (χ1) is 9.72. The number of carbonyl (C=O) groups excluding carboxylic acids is 1. The molecule has 1 fully saturated rings. The zero-order valence-electron chi connectivity index (χ0n) is 12.3. The highest BCUT2D eigenvalue weighted by Gasteiger charge is 2.20. The van der Waals surface area contributed by atoms with Gasteiger partial charge in [0.05, 0.1) is 7.11 Å². The van der Waals surface area contributed by atoms with Crippen molar-refractivity contribution in [1.82, 2.24) is 4.90 Å². The second kappa shape index (κ2) is 7.29. The minimum absolute atomic E-state index is 0.212. The molecule has 1 aliphatic rings. The molecule has 20 heavy (non-hydrogen) atoms. The number of ether oxygens (including phenoxy) is 2. The number of piperidine rings is 1. The molecular formula is C16H23NO3. The Morgan fingerprint density at radius 3 is 2.95 bits per heavy atom. The Hall–Kier alpha value is -1.55. The minimum atomic E-state index is 0.212. The van der Waals surface area contributed by atoms with Crippen molar-refractivity contribution < 1.29 is 14.3 Å². The van der Waals surface area contributed by atoms with Gasteiger partial charge in [0.1, 0.15) is 12.4 Å². The third-order valence-corrected chi connectivity index (χ3v) is 3.65. The molecule has 1 unspecified atom stereocenters. The van der Waals surface area contributed by atoms with Crippen LogP contribution in [0.25, 0.3) is 0 Å². The Kier molecular flexibility index (Phi) is 5.41. The van der Waals surface area contributed by atoms with Gasteiger partial charge in [0.25, 0.3) is 0 Å². The lowest BCUT2D eigenvalue weighted by Gasteiger charge is -2.30. The van der Waals surface area contributed by atoms with Gasteiger partial charge in [-0.1, -0.05) is 6.07 Å². The van der Waals surface area contributed by atoms with E-state index in [1.165, 1.54) is 0 Å². The number of hydrogen-bond acceptors (Lipinski definition) is 4. The summed E-state index contributed by atoms with van der Waals surface area (Å²) in [7, 11) is 3.77. The summed E-state index contributed by atoms with van der Waals surface area (Å²) in [5.74, 6) is 1.55. The van der Waals surface area contributed by atoms with E-state index in [2.05, 4.69) is 11.9 Å². The van der Waals surface area contributed by atoms with Crippen LogP contribution < -0.4 is 9.47 Å². The number of carbonyl (C=O) groups is 1. The molecule has 1 atom stereocenters. The number of methoxy groups -OCH3 is 1. The van der Waals surface area contributed by atoms with E-state index in [0.29, 0.717) is 6.42 Å². The van der Waals surface area contributed by atoms with Gasteiger partial charge < -0.3 is 19.2 Å². The average Bonchev–Trinajstić information content (AvgIpc) is 2.45. The van der Waals surface area contributed by atoms with Crippen molar-refractivity contribution in [3.63, 3.8) is 0 Å². The summed E-state index contributed by atoms with van der Waals surface area (Å²) in [5.41, 5.74) is 1.11. The monoisotopic (exact) mass is 277 g/mol. The zero-order chi connectivity index (χ0) is 14.4. The van der Waals surface area contributed by atoms with Crippen molar-refractivity contribution in [2.24, 2.45) is 0 Å². The summed E-state index contributed by atoms with van der Waals surface area (Å²) in [4.78, 5) is 12.8. The molecule has 0 amide bonds. The SMILES string of the molecule is COc1ccc(CCC=O)cc1OC1CCCN(C)C1. The van der Waals surface area contributed by atoms with Crippen LogP contribution in [0.3, 0.4) is 0 Å². The average molecular weight is 277 g/mol. The van der Waals surface area contributed by atoms with Crippen LogP contribution in [-0.4, -0.2) is 44.5 Å². The zero-order valence-corrected chi connectivity index (χ0v) is 12.3. The topological polar surface area (TPSA) is 38.8 Å². The van der Waals surface area contributed by atoms with E-state index in [0.717, 1.165) is 55.7 Å². The molecule has 0 radical (unpaired) electrons. The molecule has 110 valence electrons.